The van der Waals surface area contributed by atoms with Crippen molar-refractivity contribution < 1.29 is 24.2 Å². The number of aromatic nitrogens is 2. The van der Waals surface area contributed by atoms with Crippen LogP contribution in [0.1, 0.15) is 54.2 Å². The topological polar surface area (TPSA) is 107 Å². The molecule has 1 aromatic carbocycles. The molecule has 0 saturated carbocycles. The molecule has 3 aromatic rings. The summed E-state index contributed by atoms with van der Waals surface area (Å²) < 4.78 is 12.1. The molecule has 0 bridgehead atoms. The first-order valence-electron chi connectivity index (χ1n) is 10.6. The molecule has 3 rings (SSSR count). The number of Topliss-reactive ketones (excluding diaryl/α,β-unsaturated/α-hetero) is 1. The molecule has 1 N–H and O–H groups in total. The summed E-state index contributed by atoms with van der Waals surface area (Å²) in [6.07, 6.45) is 3.95. The van der Waals surface area contributed by atoms with Gasteiger partial charge in [-0.1, -0.05) is 24.9 Å². The van der Waals surface area contributed by atoms with Gasteiger partial charge in [0.05, 0.1) is 23.6 Å². The van der Waals surface area contributed by atoms with Crippen molar-refractivity contribution in [3.8, 4) is 11.5 Å². The van der Waals surface area contributed by atoms with E-state index in [9.17, 15) is 19.5 Å². The number of carbonyl (C=O) groups is 2. The fourth-order valence-corrected chi connectivity index (χ4v) is 3.66. The summed E-state index contributed by atoms with van der Waals surface area (Å²) >= 11 is 6.38. The second-order valence-corrected chi connectivity index (χ2v) is 7.89. The second-order valence-electron chi connectivity index (χ2n) is 7.48. The zero-order chi connectivity index (χ0) is 24.1. The van der Waals surface area contributed by atoms with E-state index < -0.39 is 11.5 Å². The number of phenols is 1. The van der Waals surface area contributed by atoms with Crippen LogP contribution in [0.3, 0.4) is 0 Å². The molecule has 0 atom stereocenters. The third kappa shape index (κ3) is 5.34. The minimum absolute atomic E-state index is 0.0128. The number of halogens is 1. The molecular weight excluding hydrogens is 448 g/mol. The van der Waals surface area contributed by atoms with Crippen molar-refractivity contribution >= 4 is 29.0 Å². The molecule has 0 radical (unpaired) electrons. The molecule has 2 aromatic heterocycles. The molecule has 0 aliphatic rings. The minimum atomic E-state index is -0.508. The summed E-state index contributed by atoms with van der Waals surface area (Å²) in [6, 6.07) is 4.70. The lowest BCUT2D eigenvalue weighted by molar-refractivity contribution is -0.142. The lowest BCUT2D eigenvalue weighted by Crippen LogP contribution is -2.23. The van der Waals surface area contributed by atoms with Crippen molar-refractivity contribution in [1.82, 2.24) is 9.38 Å². The van der Waals surface area contributed by atoms with Gasteiger partial charge < -0.3 is 14.6 Å². The van der Waals surface area contributed by atoms with Crippen LogP contribution in [0.5, 0.6) is 11.5 Å². The molecule has 2 heterocycles. The number of phenolic OH excluding ortho intramolecular Hbond substituents is 1. The van der Waals surface area contributed by atoms with Gasteiger partial charge in [0.2, 0.25) is 0 Å². The number of nitrogens with zero attached hydrogens (tertiary/aromatic N) is 2. The number of carbonyl (C=O) groups excluding carboxylic acids is 2. The highest BCUT2D eigenvalue weighted by molar-refractivity contribution is 6.31. The van der Waals surface area contributed by atoms with E-state index in [-0.39, 0.29) is 42.3 Å². The Morgan fingerprint density at radius 2 is 1.97 bits per heavy atom. The van der Waals surface area contributed by atoms with Gasteiger partial charge in [0.15, 0.2) is 5.78 Å². The summed E-state index contributed by atoms with van der Waals surface area (Å²) in [4.78, 5) is 40.6. The van der Waals surface area contributed by atoms with Crippen molar-refractivity contribution in [1.29, 1.82) is 0 Å². The van der Waals surface area contributed by atoms with Crippen molar-refractivity contribution in [2.45, 2.75) is 46.6 Å². The van der Waals surface area contributed by atoms with Crippen LogP contribution in [0.4, 0.5) is 0 Å². The smallest absolute Gasteiger partial charge is 0.310 e. The lowest BCUT2D eigenvalue weighted by atomic mass is 10.0. The average molecular weight is 473 g/mol. The van der Waals surface area contributed by atoms with Crippen LogP contribution in [-0.4, -0.2) is 32.9 Å². The summed E-state index contributed by atoms with van der Waals surface area (Å²) in [5, 5.41) is 10.9. The Kier molecular flexibility index (Phi) is 7.71. The van der Waals surface area contributed by atoms with Gasteiger partial charge in [0.1, 0.15) is 23.8 Å². The number of fused-ring (bicyclic) bond motifs is 1. The molecule has 0 fully saturated rings. The Labute approximate surface area is 195 Å². The van der Waals surface area contributed by atoms with Gasteiger partial charge >= 0.3 is 5.97 Å². The van der Waals surface area contributed by atoms with Gasteiger partial charge in [-0.25, -0.2) is 4.98 Å². The summed E-state index contributed by atoms with van der Waals surface area (Å²) in [7, 11) is 0. The third-order valence-corrected chi connectivity index (χ3v) is 5.43. The fourth-order valence-electron chi connectivity index (χ4n) is 3.45. The molecule has 8 nitrogen and oxygen atoms in total. The summed E-state index contributed by atoms with van der Waals surface area (Å²) in [6.45, 7) is 5.27. The molecule has 174 valence electrons. The Balaban J connectivity index is 1.93. The first-order chi connectivity index (χ1) is 15.8. The minimum Gasteiger partial charge on any atom is -0.507 e. The highest BCUT2D eigenvalue weighted by Gasteiger charge is 2.17. The summed E-state index contributed by atoms with van der Waals surface area (Å²) in [5.41, 5.74) is 1.42. The van der Waals surface area contributed by atoms with Gasteiger partial charge in [-0.15, -0.1) is 0 Å². The van der Waals surface area contributed by atoms with Crippen LogP contribution < -0.4 is 10.3 Å². The second kappa shape index (κ2) is 10.5. The van der Waals surface area contributed by atoms with E-state index in [0.29, 0.717) is 34.0 Å². The van der Waals surface area contributed by atoms with E-state index in [1.54, 1.807) is 19.1 Å². The van der Waals surface area contributed by atoms with Crippen LogP contribution in [0, 0.1) is 0 Å². The Bertz CT molecular complexity index is 1270. The number of benzene rings is 1. The maximum absolute atomic E-state index is 12.9. The highest BCUT2D eigenvalue weighted by atomic mass is 35.5. The first-order valence-corrected chi connectivity index (χ1v) is 11.0. The molecule has 0 aliphatic carbocycles. The first kappa shape index (κ1) is 24.3. The predicted molar refractivity (Wildman–Crippen MR) is 123 cm³/mol. The van der Waals surface area contributed by atoms with Gasteiger partial charge in [0.25, 0.3) is 5.56 Å². The van der Waals surface area contributed by atoms with Crippen LogP contribution in [0.15, 0.2) is 35.4 Å². The molecule has 0 spiro atoms. The number of hydrogen-bond acceptors (Lipinski definition) is 7. The molecule has 0 unspecified atom stereocenters. The monoisotopic (exact) mass is 472 g/mol. The molecule has 0 aliphatic heterocycles. The molecule has 33 heavy (non-hydrogen) atoms. The molecule has 0 amide bonds. The van der Waals surface area contributed by atoms with E-state index in [2.05, 4.69) is 4.98 Å². The van der Waals surface area contributed by atoms with Crippen molar-refractivity contribution in [3.05, 3.63) is 68.2 Å². The number of hydrogen-bond donors (Lipinski definition) is 1. The van der Waals surface area contributed by atoms with E-state index in [0.717, 1.165) is 6.42 Å². The van der Waals surface area contributed by atoms with E-state index in [1.807, 2.05) is 6.92 Å². The lowest BCUT2D eigenvalue weighted by Gasteiger charge is -2.15. The largest absolute Gasteiger partial charge is 0.507 e. The standard InChI is InChI=1S/C24H25ClN2O6/c1-4-6-18-20(8-7-17(14(3)28)23(18)30)33-13-16-12-27-21(10-19(16)25)26-11-15(24(27)31)9-22(29)32-5-2/h7-8,10-12,30H,4-6,9,13H2,1-3H3. The zero-order valence-corrected chi connectivity index (χ0v) is 19.4. The van der Waals surface area contributed by atoms with E-state index in [1.165, 1.54) is 29.8 Å². The molecular formula is C24H25ClN2O6. The Hall–Kier alpha value is -3.39. The van der Waals surface area contributed by atoms with Gasteiger partial charge in [-0.2, -0.15) is 0 Å². The summed E-state index contributed by atoms with van der Waals surface area (Å²) in [5.74, 6) is -0.404. The van der Waals surface area contributed by atoms with Crippen LogP contribution >= 0.6 is 11.6 Å². The van der Waals surface area contributed by atoms with Gasteiger partial charge in [-0.05, 0) is 32.4 Å². The maximum atomic E-state index is 12.9. The highest BCUT2D eigenvalue weighted by Crippen LogP contribution is 2.33. The molecule has 0 saturated heterocycles. The number of rotatable bonds is 9. The van der Waals surface area contributed by atoms with Gasteiger partial charge in [0, 0.05) is 35.2 Å². The van der Waals surface area contributed by atoms with Gasteiger partial charge in [-0.3, -0.25) is 18.8 Å². The predicted octanol–water partition coefficient (Wildman–Crippen LogP) is 3.89. The van der Waals surface area contributed by atoms with Crippen molar-refractivity contribution in [2.75, 3.05) is 6.61 Å². The normalized spacial score (nSPS) is 10.9. The quantitative estimate of drug-likeness (QED) is 0.371. The zero-order valence-electron chi connectivity index (χ0n) is 18.7. The fraction of sp³-hybridized carbons (Fsp3) is 0.333. The number of pyridine rings is 1. The number of ketones is 1. The van der Waals surface area contributed by atoms with Crippen LogP contribution in [-0.2, 0) is 29.0 Å². The SMILES string of the molecule is CCCc1c(OCc2cn3c(=O)c(CC(=O)OCC)cnc3cc2Cl)ccc(C(C)=O)c1O. The van der Waals surface area contributed by atoms with E-state index >= 15 is 0 Å². The Morgan fingerprint density at radius 3 is 2.64 bits per heavy atom. The van der Waals surface area contributed by atoms with Crippen LogP contribution in [0.25, 0.3) is 5.65 Å². The molecule has 9 heteroatoms. The third-order valence-electron chi connectivity index (χ3n) is 5.08. The van der Waals surface area contributed by atoms with Crippen LogP contribution in [0.2, 0.25) is 5.02 Å². The van der Waals surface area contributed by atoms with Crippen molar-refractivity contribution in [2.24, 2.45) is 0 Å². The number of ether oxygens (including phenoxy) is 2. The number of aromatic hydroxyl groups is 1. The number of esters is 1. The van der Waals surface area contributed by atoms with Crippen molar-refractivity contribution in [3.63, 3.8) is 0 Å². The van der Waals surface area contributed by atoms with E-state index in [4.69, 9.17) is 21.1 Å². The maximum Gasteiger partial charge on any atom is 0.310 e. The average Bonchev–Trinajstić information content (AvgIpc) is 2.76. The Morgan fingerprint density at radius 1 is 1.21 bits per heavy atom.